The van der Waals surface area contributed by atoms with Crippen LogP contribution in [0.2, 0.25) is 0 Å². The minimum atomic E-state index is 0.414. The molecule has 0 fully saturated rings. The van der Waals surface area contributed by atoms with Crippen LogP contribution in [0.25, 0.3) is 0 Å². The summed E-state index contributed by atoms with van der Waals surface area (Å²) in [6, 6.07) is 17.6. The monoisotopic (exact) mass is 308 g/mol. The highest BCUT2D eigenvalue weighted by atomic mass is 14.2. The fraction of sp³-hybridized carbons (Fsp3) is 0.391. The van der Waals surface area contributed by atoms with Crippen LogP contribution in [0.3, 0.4) is 0 Å². The summed E-state index contributed by atoms with van der Waals surface area (Å²) in [5.41, 5.74) is 6.63. The van der Waals surface area contributed by atoms with Gasteiger partial charge in [-0.2, -0.15) is 0 Å². The Morgan fingerprint density at radius 2 is 1.26 bits per heavy atom. The van der Waals surface area contributed by atoms with Crippen molar-refractivity contribution in [2.75, 3.05) is 0 Å². The fourth-order valence-electron chi connectivity index (χ4n) is 2.55. The molecule has 0 saturated carbocycles. The molecule has 124 valence electrons. The van der Waals surface area contributed by atoms with Crippen LogP contribution in [0.4, 0.5) is 0 Å². The minimum Gasteiger partial charge on any atom is -0.100 e. The van der Waals surface area contributed by atoms with E-state index in [9.17, 15) is 0 Å². The highest BCUT2D eigenvalue weighted by Gasteiger charge is 2.14. The molecule has 0 saturated heterocycles. The largest absolute Gasteiger partial charge is 0.100 e. The van der Waals surface area contributed by atoms with Gasteiger partial charge >= 0.3 is 0 Å². The van der Waals surface area contributed by atoms with E-state index in [4.69, 9.17) is 0 Å². The van der Waals surface area contributed by atoms with Crippen LogP contribution in [0.15, 0.2) is 60.7 Å². The van der Waals surface area contributed by atoms with Gasteiger partial charge in [-0.25, -0.2) is 0 Å². The van der Waals surface area contributed by atoms with Gasteiger partial charge in [-0.1, -0.05) is 86.0 Å². The van der Waals surface area contributed by atoms with Crippen LogP contribution in [-0.4, -0.2) is 0 Å². The normalized spacial score (nSPS) is 10.4. The lowest BCUT2D eigenvalue weighted by molar-refractivity contribution is 0.737. The van der Waals surface area contributed by atoms with E-state index in [1.165, 1.54) is 27.8 Å². The minimum absolute atomic E-state index is 0.414. The molecule has 0 N–H and O–H groups in total. The molecule has 0 amide bonds. The summed E-state index contributed by atoms with van der Waals surface area (Å²) >= 11 is 0. The van der Waals surface area contributed by atoms with Gasteiger partial charge in [0.25, 0.3) is 0 Å². The zero-order valence-electron chi connectivity index (χ0n) is 15.7. The van der Waals surface area contributed by atoms with Crippen LogP contribution >= 0.6 is 0 Å². The van der Waals surface area contributed by atoms with Crippen LogP contribution in [0, 0.1) is 19.8 Å². The Kier molecular flexibility index (Phi) is 7.81. The van der Waals surface area contributed by atoms with Crippen molar-refractivity contribution >= 4 is 0 Å². The van der Waals surface area contributed by atoms with Crippen molar-refractivity contribution in [3.8, 4) is 0 Å². The van der Waals surface area contributed by atoms with Gasteiger partial charge in [0.1, 0.15) is 0 Å². The molecular weight excluding hydrogens is 276 g/mol. The maximum atomic E-state index is 4.09. The number of benzene rings is 2. The quantitative estimate of drug-likeness (QED) is 0.530. The van der Waals surface area contributed by atoms with E-state index in [1.807, 2.05) is 0 Å². The molecule has 0 aliphatic rings. The lowest BCUT2D eigenvalue weighted by atomic mass is 9.85. The summed E-state index contributed by atoms with van der Waals surface area (Å²) in [6.07, 6.45) is 1.01. The number of hydrogen-bond donors (Lipinski definition) is 0. The molecule has 2 rings (SSSR count). The first-order valence-electron chi connectivity index (χ1n) is 8.57. The molecule has 0 nitrogen and oxygen atoms in total. The zero-order valence-corrected chi connectivity index (χ0v) is 15.7. The third-order valence-corrected chi connectivity index (χ3v) is 3.44. The first kappa shape index (κ1) is 19.2. The molecule has 2 aromatic carbocycles. The molecule has 2 aromatic rings. The van der Waals surface area contributed by atoms with Crippen LogP contribution in [-0.2, 0) is 0 Å². The van der Waals surface area contributed by atoms with E-state index in [0.29, 0.717) is 5.92 Å². The molecule has 0 aromatic heterocycles. The molecule has 23 heavy (non-hydrogen) atoms. The summed E-state index contributed by atoms with van der Waals surface area (Å²) in [7, 11) is 0. The van der Waals surface area contributed by atoms with Gasteiger partial charge in [-0.05, 0) is 44.2 Å². The fourth-order valence-corrected chi connectivity index (χ4v) is 2.55. The molecule has 0 aliphatic carbocycles. The van der Waals surface area contributed by atoms with E-state index in [-0.39, 0.29) is 0 Å². The summed E-state index contributed by atoms with van der Waals surface area (Å²) in [5, 5.41) is 0. The Labute approximate surface area is 143 Å². The number of allylic oxidation sites excluding steroid dienone is 1. The molecule has 0 radical (unpaired) electrons. The third-order valence-electron chi connectivity index (χ3n) is 3.44. The summed E-state index contributed by atoms with van der Waals surface area (Å²) in [5.74, 6) is 1.25. The van der Waals surface area contributed by atoms with Gasteiger partial charge in [-0.3, -0.25) is 0 Å². The maximum absolute atomic E-state index is 4.09. The zero-order chi connectivity index (χ0) is 17.4. The smallest absolute Gasteiger partial charge is 0.0126 e. The van der Waals surface area contributed by atoms with Gasteiger partial charge < -0.3 is 0 Å². The molecule has 0 spiro atoms. The summed E-state index contributed by atoms with van der Waals surface area (Å²) < 4.78 is 0. The molecular formula is C23H32. The first-order valence-corrected chi connectivity index (χ1v) is 8.57. The lowest BCUT2D eigenvalue weighted by Crippen LogP contribution is -2.02. The average molecular weight is 309 g/mol. The van der Waals surface area contributed by atoms with E-state index in [1.54, 1.807) is 0 Å². The Bertz CT molecular complexity index is 571. The van der Waals surface area contributed by atoms with Gasteiger partial charge in [-0.15, -0.1) is 6.58 Å². The topological polar surface area (TPSA) is 0 Å². The number of rotatable bonds is 4. The maximum Gasteiger partial charge on any atom is 0.0126 e. The average Bonchev–Trinajstić information content (AvgIpc) is 2.44. The highest BCUT2D eigenvalue weighted by molar-refractivity contribution is 5.37. The molecule has 0 heterocycles. The second kappa shape index (κ2) is 9.35. The van der Waals surface area contributed by atoms with Crippen molar-refractivity contribution in [2.24, 2.45) is 5.92 Å². The first-order chi connectivity index (χ1) is 10.8. The highest BCUT2D eigenvalue weighted by Crippen LogP contribution is 2.31. The van der Waals surface area contributed by atoms with Gasteiger partial charge in [0, 0.05) is 5.92 Å². The Morgan fingerprint density at radius 3 is 1.57 bits per heavy atom. The molecule has 0 aliphatic heterocycles. The van der Waals surface area contributed by atoms with E-state index < -0.39 is 0 Å². The molecule has 0 heteroatoms. The Hall–Kier alpha value is -1.82. The lowest BCUT2D eigenvalue weighted by Gasteiger charge is -2.19. The predicted molar refractivity (Wildman–Crippen MR) is 104 cm³/mol. The van der Waals surface area contributed by atoms with Crippen LogP contribution in [0.1, 0.15) is 62.3 Å². The molecule has 0 atom stereocenters. The van der Waals surface area contributed by atoms with Crippen molar-refractivity contribution in [3.63, 3.8) is 0 Å². The molecule has 0 bridgehead atoms. The van der Waals surface area contributed by atoms with Crippen molar-refractivity contribution in [1.82, 2.24) is 0 Å². The van der Waals surface area contributed by atoms with Crippen LogP contribution in [0.5, 0.6) is 0 Å². The summed E-state index contributed by atoms with van der Waals surface area (Å²) in [4.78, 5) is 0. The van der Waals surface area contributed by atoms with Crippen molar-refractivity contribution < 1.29 is 0 Å². The van der Waals surface area contributed by atoms with E-state index in [0.717, 1.165) is 12.3 Å². The second-order valence-electron chi connectivity index (χ2n) is 7.27. The third kappa shape index (κ3) is 7.32. The SMILES string of the molecule is C=C(C)CC(c1cccc(C)c1)c1cccc(C)c1.CC(C)C. The van der Waals surface area contributed by atoms with Crippen molar-refractivity contribution in [3.05, 3.63) is 82.9 Å². The molecule has 0 unspecified atom stereocenters. The van der Waals surface area contributed by atoms with Crippen molar-refractivity contribution in [1.29, 1.82) is 0 Å². The Balaban J connectivity index is 0.000000593. The van der Waals surface area contributed by atoms with E-state index in [2.05, 4.69) is 96.7 Å². The van der Waals surface area contributed by atoms with E-state index >= 15 is 0 Å². The van der Waals surface area contributed by atoms with Gasteiger partial charge in [0.15, 0.2) is 0 Å². The van der Waals surface area contributed by atoms with Crippen molar-refractivity contribution in [2.45, 2.75) is 53.9 Å². The Morgan fingerprint density at radius 1 is 0.870 bits per heavy atom. The van der Waals surface area contributed by atoms with Crippen LogP contribution < -0.4 is 0 Å². The number of aryl methyl sites for hydroxylation is 2. The van der Waals surface area contributed by atoms with Gasteiger partial charge in [0.05, 0.1) is 0 Å². The predicted octanol–water partition coefficient (Wildman–Crippen LogP) is 7.06. The standard InChI is InChI=1S/C19H22.C4H10/c1-14(2)11-19(17-9-5-7-15(3)12-17)18-10-6-8-16(4)13-18;1-4(2)3/h5-10,12-13,19H,1,11H2,2-4H3;4H,1-3H3. The summed E-state index contributed by atoms with van der Waals surface area (Å²) in [6.45, 7) is 17.0. The second-order valence-corrected chi connectivity index (χ2v) is 7.27. The number of hydrogen-bond acceptors (Lipinski definition) is 0. The van der Waals surface area contributed by atoms with Gasteiger partial charge in [0.2, 0.25) is 0 Å².